The average Bonchev–Trinajstić information content (AvgIpc) is 3.39. The maximum absolute atomic E-state index is 5.68. The largest absolute Gasteiger partial charge is 0.497 e. The molecule has 0 aliphatic carbocycles. The van der Waals surface area contributed by atoms with Gasteiger partial charge in [-0.3, -0.25) is 4.40 Å². The Kier molecular flexibility index (Phi) is 4.67. The van der Waals surface area contributed by atoms with E-state index in [1.807, 2.05) is 24.3 Å². The van der Waals surface area contributed by atoms with Crippen molar-refractivity contribution in [1.29, 1.82) is 0 Å². The van der Waals surface area contributed by atoms with E-state index in [1.54, 1.807) is 25.1 Å². The molecule has 0 saturated heterocycles. The van der Waals surface area contributed by atoms with Crippen LogP contribution >= 0.6 is 11.8 Å². The zero-order valence-corrected chi connectivity index (χ0v) is 17.7. The molecular weight excluding hydrogens is 396 g/mol. The summed E-state index contributed by atoms with van der Waals surface area (Å²) in [5.41, 5.74) is 6.04. The maximum Gasteiger partial charge on any atom is 0.226 e. The van der Waals surface area contributed by atoms with Gasteiger partial charge in [0.1, 0.15) is 12.0 Å². The SMILES string of the molecule is COc1ccc2c(C)cc3nnc(SCc4coc(-c5ccc(C)cc5)n4)n3c2c1. The minimum absolute atomic E-state index is 0.627. The first-order valence-corrected chi connectivity index (χ1v) is 10.6. The van der Waals surface area contributed by atoms with E-state index in [1.165, 1.54) is 5.56 Å². The van der Waals surface area contributed by atoms with Gasteiger partial charge in [0, 0.05) is 22.8 Å². The molecule has 6 nitrogen and oxygen atoms in total. The third kappa shape index (κ3) is 3.31. The van der Waals surface area contributed by atoms with Crippen LogP contribution in [0, 0.1) is 13.8 Å². The number of oxazole rings is 1. The highest BCUT2D eigenvalue weighted by Crippen LogP contribution is 2.30. The van der Waals surface area contributed by atoms with Crippen LogP contribution in [-0.2, 0) is 5.75 Å². The van der Waals surface area contributed by atoms with Gasteiger partial charge in [-0.25, -0.2) is 4.98 Å². The molecule has 0 saturated carbocycles. The van der Waals surface area contributed by atoms with Gasteiger partial charge >= 0.3 is 0 Å². The van der Waals surface area contributed by atoms with Gasteiger partial charge in [0.05, 0.1) is 18.3 Å². The van der Waals surface area contributed by atoms with Crippen LogP contribution < -0.4 is 4.74 Å². The van der Waals surface area contributed by atoms with Gasteiger partial charge in [-0.15, -0.1) is 10.2 Å². The number of fused-ring (bicyclic) bond motifs is 3. The molecule has 5 aromatic rings. The number of hydrogen-bond donors (Lipinski definition) is 0. The van der Waals surface area contributed by atoms with E-state index in [0.717, 1.165) is 44.3 Å². The standard InChI is InChI=1S/C23H20N4O2S/c1-14-4-6-16(7-5-14)22-24-17(12-29-22)13-30-23-26-25-21-10-15(2)19-9-8-18(28-3)11-20(19)27(21)23/h4-12H,13H2,1-3H3. The molecule has 0 radical (unpaired) electrons. The van der Waals surface area contributed by atoms with Gasteiger partial charge in [0.15, 0.2) is 10.8 Å². The molecule has 0 unspecified atom stereocenters. The highest BCUT2D eigenvalue weighted by Gasteiger charge is 2.14. The van der Waals surface area contributed by atoms with Gasteiger partial charge < -0.3 is 9.15 Å². The van der Waals surface area contributed by atoms with Crippen molar-refractivity contribution < 1.29 is 9.15 Å². The summed E-state index contributed by atoms with van der Waals surface area (Å²) in [5, 5.41) is 10.7. The third-order valence-corrected chi connectivity index (χ3v) is 6.04. The lowest BCUT2D eigenvalue weighted by molar-refractivity contribution is 0.415. The van der Waals surface area contributed by atoms with Crippen molar-refractivity contribution in [2.24, 2.45) is 0 Å². The molecule has 150 valence electrons. The summed E-state index contributed by atoms with van der Waals surface area (Å²) in [4.78, 5) is 4.63. The predicted molar refractivity (Wildman–Crippen MR) is 118 cm³/mol. The summed E-state index contributed by atoms with van der Waals surface area (Å²) in [6.07, 6.45) is 1.71. The Morgan fingerprint density at radius 1 is 1.03 bits per heavy atom. The predicted octanol–water partition coefficient (Wildman–Crippen LogP) is 5.46. The second-order valence-corrected chi connectivity index (χ2v) is 8.13. The molecule has 5 rings (SSSR count). The number of aryl methyl sites for hydroxylation is 2. The normalized spacial score (nSPS) is 11.4. The number of hydrogen-bond acceptors (Lipinski definition) is 6. The van der Waals surface area contributed by atoms with Crippen molar-refractivity contribution in [3.63, 3.8) is 0 Å². The number of rotatable bonds is 5. The van der Waals surface area contributed by atoms with E-state index >= 15 is 0 Å². The van der Waals surface area contributed by atoms with Crippen LogP contribution in [0.2, 0.25) is 0 Å². The van der Waals surface area contributed by atoms with Gasteiger partial charge in [-0.05, 0) is 49.7 Å². The Labute approximate surface area is 177 Å². The minimum atomic E-state index is 0.627. The Hall–Kier alpha value is -3.32. The van der Waals surface area contributed by atoms with Crippen LogP contribution in [0.25, 0.3) is 28.0 Å². The average molecular weight is 417 g/mol. The smallest absolute Gasteiger partial charge is 0.226 e. The molecule has 0 aliphatic rings. The second kappa shape index (κ2) is 7.50. The van der Waals surface area contributed by atoms with Crippen molar-refractivity contribution in [3.05, 3.63) is 71.6 Å². The molecule has 0 N–H and O–H groups in total. The minimum Gasteiger partial charge on any atom is -0.497 e. The van der Waals surface area contributed by atoms with E-state index in [2.05, 4.69) is 57.7 Å². The first-order chi connectivity index (χ1) is 14.6. The molecular formula is C23H20N4O2S. The number of pyridine rings is 1. The number of aromatic nitrogens is 4. The number of thioether (sulfide) groups is 1. The third-order valence-electron chi connectivity index (χ3n) is 5.07. The molecule has 0 aliphatic heterocycles. The molecule has 30 heavy (non-hydrogen) atoms. The van der Waals surface area contributed by atoms with Crippen molar-refractivity contribution in [3.8, 4) is 17.2 Å². The summed E-state index contributed by atoms with van der Waals surface area (Å²) in [6, 6.07) is 16.3. The quantitative estimate of drug-likeness (QED) is 0.355. The van der Waals surface area contributed by atoms with Gasteiger partial charge in [0.2, 0.25) is 5.89 Å². The van der Waals surface area contributed by atoms with Crippen LogP contribution in [0.1, 0.15) is 16.8 Å². The molecule has 7 heteroatoms. The maximum atomic E-state index is 5.68. The van der Waals surface area contributed by atoms with E-state index in [-0.39, 0.29) is 0 Å². The van der Waals surface area contributed by atoms with E-state index < -0.39 is 0 Å². The monoisotopic (exact) mass is 416 g/mol. The van der Waals surface area contributed by atoms with Crippen LogP contribution in [-0.4, -0.2) is 26.7 Å². The van der Waals surface area contributed by atoms with Gasteiger partial charge in [-0.1, -0.05) is 29.5 Å². The molecule has 3 aromatic heterocycles. The first kappa shape index (κ1) is 18.7. The number of benzene rings is 2. The highest BCUT2D eigenvalue weighted by molar-refractivity contribution is 7.98. The Bertz CT molecular complexity index is 1360. The second-order valence-electron chi connectivity index (χ2n) is 7.19. The van der Waals surface area contributed by atoms with Gasteiger partial charge in [-0.2, -0.15) is 0 Å². The van der Waals surface area contributed by atoms with Crippen molar-refractivity contribution in [2.75, 3.05) is 7.11 Å². The zero-order valence-electron chi connectivity index (χ0n) is 16.9. The van der Waals surface area contributed by atoms with Crippen molar-refractivity contribution in [2.45, 2.75) is 24.8 Å². The molecule has 0 fully saturated rings. The van der Waals surface area contributed by atoms with Crippen molar-refractivity contribution >= 4 is 28.3 Å². The lowest BCUT2D eigenvalue weighted by Gasteiger charge is -2.09. The molecule has 3 heterocycles. The Morgan fingerprint density at radius 2 is 1.87 bits per heavy atom. The number of nitrogens with zero attached hydrogens (tertiary/aromatic N) is 4. The van der Waals surface area contributed by atoms with Gasteiger partial charge in [0.25, 0.3) is 0 Å². The number of methoxy groups -OCH3 is 1. The molecule has 0 bridgehead atoms. The van der Waals surface area contributed by atoms with Crippen LogP contribution in [0.4, 0.5) is 0 Å². The summed E-state index contributed by atoms with van der Waals surface area (Å²) in [6.45, 7) is 4.14. The molecule has 0 amide bonds. The molecule has 0 spiro atoms. The number of ether oxygens (including phenoxy) is 1. The summed E-state index contributed by atoms with van der Waals surface area (Å²) in [7, 11) is 1.67. The fraction of sp³-hybridized carbons (Fsp3) is 0.174. The summed E-state index contributed by atoms with van der Waals surface area (Å²) >= 11 is 1.58. The topological polar surface area (TPSA) is 65.5 Å². The lowest BCUT2D eigenvalue weighted by Crippen LogP contribution is -1.95. The molecule has 0 atom stereocenters. The van der Waals surface area contributed by atoms with Crippen LogP contribution in [0.3, 0.4) is 0 Å². The lowest BCUT2D eigenvalue weighted by atomic mass is 10.1. The summed E-state index contributed by atoms with van der Waals surface area (Å²) < 4.78 is 13.2. The first-order valence-electron chi connectivity index (χ1n) is 9.59. The van der Waals surface area contributed by atoms with Crippen LogP contribution in [0.5, 0.6) is 5.75 Å². The highest BCUT2D eigenvalue weighted by atomic mass is 32.2. The van der Waals surface area contributed by atoms with Crippen LogP contribution in [0.15, 0.2) is 64.4 Å². The Morgan fingerprint density at radius 3 is 2.67 bits per heavy atom. The van der Waals surface area contributed by atoms with Crippen molar-refractivity contribution in [1.82, 2.24) is 19.6 Å². The fourth-order valence-electron chi connectivity index (χ4n) is 3.46. The van der Waals surface area contributed by atoms with E-state index in [4.69, 9.17) is 9.15 Å². The molecule has 2 aromatic carbocycles. The summed E-state index contributed by atoms with van der Waals surface area (Å²) in [5.74, 6) is 2.07. The zero-order chi connectivity index (χ0) is 20.7. The fourth-order valence-corrected chi connectivity index (χ4v) is 4.29. The van der Waals surface area contributed by atoms with E-state index in [9.17, 15) is 0 Å². The van der Waals surface area contributed by atoms with E-state index in [0.29, 0.717) is 11.6 Å². The Balaban J connectivity index is 1.46.